The van der Waals surface area contributed by atoms with Gasteiger partial charge < -0.3 is 14.7 Å². The Morgan fingerprint density at radius 3 is 2.63 bits per heavy atom. The fraction of sp³-hybridized carbons (Fsp3) is 0.533. The molecular formula is C15H23NO3. The van der Waals surface area contributed by atoms with Crippen LogP contribution in [0.4, 0.5) is 5.69 Å². The number of benzene rings is 1. The quantitative estimate of drug-likeness (QED) is 0.768. The average molecular weight is 265 g/mol. The minimum atomic E-state index is -0.911. The highest BCUT2D eigenvalue weighted by molar-refractivity contribution is 5.95. The topological polar surface area (TPSA) is 49.8 Å². The Kier molecular flexibility index (Phi) is 5.83. The number of carboxylic acids is 1. The highest BCUT2D eigenvalue weighted by Gasteiger charge is 2.19. The van der Waals surface area contributed by atoms with Crippen molar-refractivity contribution in [3.05, 3.63) is 29.3 Å². The maximum atomic E-state index is 11.3. The van der Waals surface area contributed by atoms with E-state index in [2.05, 4.69) is 6.92 Å². The lowest BCUT2D eigenvalue weighted by Crippen LogP contribution is -2.18. The molecule has 1 unspecified atom stereocenters. The van der Waals surface area contributed by atoms with Crippen molar-refractivity contribution in [3.8, 4) is 0 Å². The third-order valence-electron chi connectivity index (χ3n) is 3.05. The molecule has 0 bridgehead atoms. The predicted octanol–water partition coefficient (Wildman–Crippen LogP) is 3.33. The fourth-order valence-electron chi connectivity index (χ4n) is 2.06. The molecule has 1 aromatic rings. The highest BCUT2D eigenvalue weighted by atomic mass is 16.5. The molecule has 0 aliphatic heterocycles. The maximum Gasteiger partial charge on any atom is 0.337 e. The molecule has 0 heterocycles. The molecule has 0 saturated carbocycles. The summed E-state index contributed by atoms with van der Waals surface area (Å²) in [6.07, 6.45) is 1.99. The van der Waals surface area contributed by atoms with E-state index in [4.69, 9.17) is 4.74 Å². The summed E-state index contributed by atoms with van der Waals surface area (Å²) < 4.78 is 5.77. The van der Waals surface area contributed by atoms with Crippen LogP contribution in [0.25, 0.3) is 0 Å². The van der Waals surface area contributed by atoms with E-state index >= 15 is 0 Å². The number of rotatable bonds is 7. The standard InChI is InChI=1S/C15H23NO3/c1-5-6-10-19-11(2)12-8-7-9-13(15(17)18)14(12)16(3)4/h7-9,11H,5-6,10H2,1-4H3,(H,17,18). The summed E-state index contributed by atoms with van der Waals surface area (Å²) in [5.41, 5.74) is 1.95. The van der Waals surface area contributed by atoms with Gasteiger partial charge >= 0.3 is 5.97 Å². The first-order valence-electron chi connectivity index (χ1n) is 6.64. The van der Waals surface area contributed by atoms with Crippen molar-refractivity contribution in [1.82, 2.24) is 0 Å². The van der Waals surface area contributed by atoms with Crippen molar-refractivity contribution in [2.24, 2.45) is 0 Å². The second-order valence-electron chi connectivity index (χ2n) is 4.81. The molecule has 4 nitrogen and oxygen atoms in total. The Labute approximate surface area is 115 Å². The first kappa shape index (κ1) is 15.5. The molecule has 0 spiro atoms. The molecule has 0 fully saturated rings. The van der Waals surface area contributed by atoms with Gasteiger partial charge in [-0.25, -0.2) is 4.79 Å². The van der Waals surface area contributed by atoms with Crippen molar-refractivity contribution < 1.29 is 14.6 Å². The van der Waals surface area contributed by atoms with Gasteiger partial charge in [0, 0.05) is 26.3 Å². The molecule has 4 heteroatoms. The van der Waals surface area contributed by atoms with E-state index in [1.165, 1.54) is 0 Å². The first-order valence-corrected chi connectivity index (χ1v) is 6.64. The van der Waals surface area contributed by atoms with E-state index in [1.807, 2.05) is 32.0 Å². The number of unbranched alkanes of at least 4 members (excludes halogenated alkanes) is 1. The molecule has 0 saturated heterocycles. The molecule has 1 rings (SSSR count). The van der Waals surface area contributed by atoms with Crippen LogP contribution in [-0.2, 0) is 4.74 Å². The molecule has 0 amide bonds. The summed E-state index contributed by atoms with van der Waals surface area (Å²) in [6, 6.07) is 5.32. The van der Waals surface area contributed by atoms with Gasteiger partial charge in [0.2, 0.25) is 0 Å². The van der Waals surface area contributed by atoms with Crippen molar-refractivity contribution in [2.45, 2.75) is 32.8 Å². The van der Waals surface area contributed by atoms with Crippen LogP contribution in [0.5, 0.6) is 0 Å². The molecule has 19 heavy (non-hydrogen) atoms. The second-order valence-corrected chi connectivity index (χ2v) is 4.81. The molecule has 0 aliphatic carbocycles. The van der Waals surface area contributed by atoms with Crippen LogP contribution >= 0.6 is 0 Å². The summed E-state index contributed by atoms with van der Waals surface area (Å²) in [6.45, 7) is 4.77. The SMILES string of the molecule is CCCCOC(C)c1cccc(C(=O)O)c1N(C)C. The molecule has 0 aromatic heterocycles. The summed E-state index contributed by atoms with van der Waals surface area (Å²) in [5.74, 6) is -0.911. The largest absolute Gasteiger partial charge is 0.478 e. The van der Waals surface area contributed by atoms with Crippen molar-refractivity contribution in [1.29, 1.82) is 0 Å². The molecule has 0 radical (unpaired) electrons. The third-order valence-corrected chi connectivity index (χ3v) is 3.05. The smallest absolute Gasteiger partial charge is 0.337 e. The number of aromatic carboxylic acids is 1. The Morgan fingerprint density at radius 1 is 1.42 bits per heavy atom. The van der Waals surface area contributed by atoms with Crippen LogP contribution in [0.3, 0.4) is 0 Å². The van der Waals surface area contributed by atoms with E-state index in [-0.39, 0.29) is 6.10 Å². The average Bonchev–Trinajstić information content (AvgIpc) is 2.37. The molecular weight excluding hydrogens is 242 g/mol. The number of para-hydroxylation sites is 1. The van der Waals surface area contributed by atoms with Crippen LogP contribution in [0.2, 0.25) is 0 Å². The van der Waals surface area contributed by atoms with Gasteiger partial charge in [0.05, 0.1) is 17.4 Å². The van der Waals surface area contributed by atoms with Gasteiger partial charge in [-0.15, -0.1) is 0 Å². The van der Waals surface area contributed by atoms with E-state index < -0.39 is 5.97 Å². The van der Waals surface area contributed by atoms with Crippen LogP contribution in [-0.4, -0.2) is 31.8 Å². The zero-order chi connectivity index (χ0) is 14.4. The number of hydrogen-bond acceptors (Lipinski definition) is 3. The van der Waals surface area contributed by atoms with Gasteiger partial charge in [0.25, 0.3) is 0 Å². The maximum absolute atomic E-state index is 11.3. The van der Waals surface area contributed by atoms with Crippen LogP contribution in [0, 0.1) is 0 Å². The van der Waals surface area contributed by atoms with Crippen molar-refractivity contribution >= 4 is 11.7 Å². The number of carbonyl (C=O) groups is 1. The molecule has 0 aliphatic rings. The second kappa shape index (κ2) is 7.14. The lowest BCUT2D eigenvalue weighted by atomic mass is 10.0. The van der Waals surface area contributed by atoms with Gasteiger partial charge in [-0.05, 0) is 19.4 Å². The molecule has 1 N–H and O–H groups in total. The van der Waals surface area contributed by atoms with Gasteiger partial charge in [-0.2, -0.15) is 0 Å². The Balaban J connectivity index is 3.05. The molecule has 1 atom stereocenters. The lowest BCUT2D eigenvalue weighted by molar-refractivity contribution is 0.0636. The summed E-state index contributed by atoms with van der Waals surface area (Å²) in [5, 5.41) is 9.27. The predicted molar refractivity (Wildman–Crippen MR) is 77.0 cm³/mol. The number of ether oxygens (including phenoxy) is 1. The normalized spacial score (nSPS) is 12.2. The number of nitrogens with zero attached hydrogens (tertiary/aromatic N) is 1. The third kappa shape index (κ3) is 3.96. The summed E-state index contributed by atoms with van der Waals surface area (Å²) in [4.78, 5) is 13.1. The van der Waals surface area contributed by atoms with Crippen LogP contribution < -0.4 is 4.90 Å². The van der Waals surface area contributed by atoms with E-state index in [9.17, 15) is 9.90 Å². The van der Waals surface area contributed by atoms with Gasteiger partial charge in [-0.1, -0.05) is 25.5 Å². The van der Waals surface area contributed by atoms with Gasteiger partial charge in [-0.3, -0.25) is 0 Å². The first-order chi connectivity index (χ1) is 8.99. The highest BCUT2D eigenvalue weighted by Crippen LogP contribution is 2.31. The number of anilines is 1. The van der Waals surface area contributed by atoms with Crippen LogP contribution in [0.15, 0.2) is 18.2 Å². The fourth-order valence-corrected chi connectivity index (χ4v) is 2.06. The zero-order valence-electron chi connectivity index (χ0n) is 12.1. The monoisotopic (exact) mass is 265 g/mol. The Bertz CT molecular complexity index is 429. The Morgan fingerprint density at radius 2 is 2.11 bits per heavy atom. The zero-order valence-corrected chi connectivity index (χ0v) is 12.1. The number of hydrogen-bond donors (Lipinski definition) is 1. The van der Waals surface area contributed by atoms with Crippen LogP contribution in [0.1, 0.15) is 48.7 Å². The minimum absolute atomic E-state index is 0.108. The lowest BCUT2D eigenvalue weighted by Gasteiger charge is -2.23. The van der Waals surface area contributed by atoms with E-state index in [1.54, 1.807) is 12.1 Å². The molecule has 106 valence electrons. The number of carboxylic acid groups (broad SMARTS) is 1. The van der Waals surface area contributed by atoms with Gasteiger partial charge in [0.1, 0.15) is 0 Å². The summed E-state index contributed by atoms with van der Waals surface area (Å²) in [7, 11) is 3.70. The van der Waals surface area contributed by atoms with E-state index in [0.717, 1.165) is 24.1 Å². The minimum Gasteiger partial charge on any atom is -0.478 e. The Hall–Kier alpha value is -1.55. The van der Waals surface area contributed by atoms with E-state index in [0.29, 0.717) is 12.2 Å². The molecule has 1 aromatic carbocycles. The summed E-state index contributed by atoms with van der Waals surface area (Å²) >= 11 is 0. The van der Waals surface area contributed by atoms with Crippen molar-refractivity contribution in [3.63, 3.8) is 0 Å². The van der Waals surface area contributed by atoms with Crippen molar-refractivity contribution in [2.75, 3.05) is 25.6 Å². The van der Waals surface area contributed by atoms with Gasteiger partial charge in [0.15, 0.2) is 0 Å².